The van der Waals surface area contributed by atoms with Crippen LogP contribution in [0.1, 0.15) is 11.1 Å². The summed E-state index contributed by atoms with van der Waals surface area (Å²) in [5.41, 5.74) is 5.63. The normalized spacial score (nSPS) is 10.1. The SMILES string of the molecule is C=Cc1c(NC)cccc1Nc1ccnc(Nc2cccc(C(=C)NC)c2)n1. The summed E-state index contributed by atoms with van der Waals surface area (Å²) in [5, 5.41) is 12.8. The van der Waals surface area contributed by atoms with Gasteiger partial charge in [-0.05, 0) is 35.9 Å². The first-order chi connectivity index (χ1) is 13.6. The average Bonchev–Trinajstić information content (AvgIpc) is 2.73. The Labute approximate surface area is 165 Å². The van der Waals surface area contributed by atoms with Gasteiger partial charge in [0.1, 0.15) is 5.82 Å². The van der Waals surface area contributed by atoms with E-state index >= 15 is 0 Å². The van der Waals surface area contributed by atoms with E-state index in [9.17, 15) is 0 Å². The highest BCUT2D eigenvalue weighted by Gasteiger charge is 2.07. The third-order valence-corrected chi connectivity index (χ3v) is 4.27. The van der Waals surface area contributed by atoms with Crippen LogP contribution >= 0.6 is 0 Å². The molecule has 0 aliphatic carbocycles. The molecule has 0 bridgehead atoms. The summed E-state index contributed by atoms with van der Waals surface area (Å²) in [4.78, 5) is 8.88. The zero-order valence-electron chi connectivity index (χ0n) is 16.1. The van der Waals surface area contributed by atoms with Crippen molar-refractivity contribution in [3.63, 3.8) is 0 Å². The van der Waals surface area contributed by atoms with Gasteiger partial charge < -0.3 is 21.3 Å². The molecule has 1 aromatic heterocycles. The number of rotatable bonds is 8. The van der Waals surface area contributed by atoms with E-state index < -0.39 is 0 Å². The summed E-state index contributed by atoms with van der Waals surface area (Å²) in [6.07, 6.45) is 3.53. The fraction of sp³-hybridized carbons (Fsp3) is 0.0909. The number of hydrogen-bond acceptors (Lipinski definition) is 6. The zero-order chi connectivity index (χ0) is 19.9. The van der Waals surface area contributed by atoms with E-state index in [2.05, 4.69) is 44.4 Å². The Morgan fingerprint density at radius 3 is 2.54 bits per heavy atom. The molecule has 0 saturated heterocycles. The van der Waals surface area contributed by atoms with Crippen molar-refractivity contribution in [2.75, 3.05) is 30.0 Å². The fourth-order valence-electron chi connectivity index (χ4n) is 2.80. The molecule has 0 amide bonds. The fourth-order valence-corrected chi connectivity index (χ4v) is 2.80. The van der Waals surface area contributed by atoms with Crippen LogP contribution in [0.25, 0.3) is 11.8 Å². The van der Waals surface area contributed by atoms with Gasteiger partial charge in [-0.3, -0.25) is 0 Å². The van der Waals surface area contributed by atoms with E-state index in [-0.39, 0.29) is 0 Å². The van der Waals surface area contributed by atoms with E-state index in [0.717, 1.165) is 33.9 Å². The van der Waals surface area contributed by atoms with Crippen molar-refractivity contribution >= 4 is 40.6 Å². The van der Waals surface area contributed by atoms with Crippen LogP contribution in [0.2, 0.25) is 0 Å². The summed E-state index contributed by atoms with van der Waals surface area (Å²) in [5.74, 6) is 1.19. The Hall–Kier alpha value is -3.80. The molecule has 2 aromatic carbocycles. The molecular formula is C22H24N6. The minimum absolute atomic E-state index is 0.502. The van der Waals surface area contributed by atoms with Gasteiger partial charge in [-0.1, -0.05) is 37.4 Å². The minimum Gasteiger partial charge on any atom is -0.388 e. The third-order valence-electron chi connectivity index (χ3n) is 4.27. The molecule has 0 fully saturated rings. The van der Waals surface area contributed by atoms with Gasteiger partial charge in [-0.25, -0.2) is 4.98 Å². The number of nitrogens with zero attached hydrogens (tertiary/aromatic N) is 2. The van der Waals surface area contributed by atoms with Crippen LogP contribution < -0.4 is 21.3 Å². The molecule has 142 valence electrons. The second-order valence-corrected chi connectivity index (χ2v) is 6.05. The summed E-state index contributed by atoms with van der Waals surface area (Å²) in [6, 6.07) is 15.7. The molecule has 0 unspecified atom stereocenters. The van der Waals surface area contributed by atoms with Crippen molar-refractivity contribution in [1.29, 1.82) is 0 Å². The maximum Gasteiger partial charge on any atom is 0.229 e. The molecule has 0 radical (unpaired) electrons. The molecule has 6 nitrogen and oxygen atoms in total. The van der Waals surface area contributed by atoms with Gasteiger partial charge in [-0.2, -0.15) is 4.98 Å². The van der Waals surface area contributed by atoms with E-state index in [0.29, 0.717) is 11.8 Å². The van der Waals surface area contributed by atoms with Crippen molar-refractivity contribution in [2.45, 2.75) is 0 Å². The Morgan fingerprint density at radius 1 is 1.00 bits per heavy atom. The van der Waals surface area contributed by atoms with Crippen LogP contribution in [0.4, 0.5) is 28.8 Å². The van der Waals surface area contributed by atoms with Crippen LogP contribution in [-0.4, -0.2) is 24.1 Å². The Morgan fingerprint density at radius 2 is 1.79 bits per heavy atom. The average molecular weight is 372 g/mol. The molecule has 4 N–H and O–H groups in total. The number of hydrogen-bond donors (Lipinski definition) is 4. The first kappa shape index (κ1) is 19.0. The highest BCUT2D eigenvalue weighted by Crippen LogP contribution is 2.28. The molecule has 0 spiro atoms. The number of anilines is 5. The molecule has 0 atom stereocenters. The summed E-state index contributed by atoms with van der Waals surface area (Å²) in [6.45, 7) is 7.90. The van der Waals surface area contributed by atoms with Gasteiger partial charge >= 0.3 is 0 Å². The van der Waals surface area contributed by atoms with Gasteiger partial charge in [-0.15, -0.1) is 0 Å². The van der Waals surface area contributed by atoms with Crippen LogP contribution in [0.5, 0.6) is 0 Å². The van der Waals surface area contributed by atoms with Crippen LogP contribution in [-0.2, 0) is 0 Å². The number of benzene rings is 2. The van der Waals surface area contributed by atoms with Gasteiger partial charge in [0.15, 0.2) is 0 Å². The number of nitrogens with one attached hydrogen (secondary N) is 4. The molecular weight excluding hydrogens is 348 g/mol. The Kier molecular flexibility index (Phi) is 5.91. The predicted molar refractivity (Wildman–Crippen MR) is 119 cm³/mol. The topological polar surface area (TPSA) is 73.9 Å². The second kappa shape index (κ2) is 8.73. The Bertz CT molecular complexity index is 996. The first-order valence-electron chi connectivity index (χ1n) is 8.92. The lowest BCUT2D eigenvalue weighted by atomic mass is 10.1. The molecule has 1 heterocycles. The predicted octanol–water partition coefficient (Wildman–Crippen LogP) is 4.84. The van der Waals surface area contributed by atoms with Gasteiger partial charge in [0, 0.05) is 48.6 Å². The van der Waals surface area contributed by atoms with E-state index in [1.54, 1.807) is 6.20 Å². The lowest BCUT2D eigenvalue weighted by Gasteiger charge is -2.14. The highest BCUT2D eigenvalue weighted by molar-refractivity contribution is 5.79. The molecule has 3 aromatic rings. The molecule has 28 heavy (non-hydrogen) atoms. The van der Waals surface area contributed by atoms with Crippen molar-refractivity contribution in [1.82, 2.24) is 15.3 Å². The van der Waals surface area contributed by atoms with Crippen molar-refractivity contribution in [2.24, 2.45) is 0 Å². The maximum atomic E-state index is 4.56. The van der Waals surface area contributed by atoms with E-state index in [1.807, 2.05) is 68.7 Å². The maximum absolute atomic E-state index is 4.56. The number of aromatic nitrogens is 2. The van der Waals surface area contributed by atoms with E-state index in [1.165, 1.54) is 0 Å². The molecule has 0 saturated carbocycles. The van der Waals surface area contributed by atoms with Gasteiger partial charge in [0.25, 0.3) is 0 Å². The first-order valence-corrected chi connectivity index (χ1v) is 8.92. The van der Waals surface area contributed by atoms with Gasteiger partial charge in [0.05, 0.1) is 0 Å². The molecule has 0 aliphatic rings. The minimum atomic E-state index is 0.502. The van der Waals surface area contributed by atoms with Gasteiger partial charge in [0.2, 0.25) is 5.95 Å². The monoisotopic (exact) mass is 372 g/mol. The van der Waals surface area contributed by atoms with Crippen molar-refractivity contribution < 1.29 is 0 Å². The quantitative estimate of drug-likeness (QED) is 0.453. The molecule has 0 aliphatic heterocycles. The summed E-state index contributed by atoms with van der Waals surface area (Å²) < 4.78 is 0. The highest BCUT2D eigenvalue weighted by atomic mass is 15.1. The summed E-state index contributed by atoms with van der Waals surface area (Å²) in [7, 11) is 3.73. The Balaban J connectivity index is 1.82. The second-order valence-electron chi connectivity index (χ2n) is 6.05. The largest absolute Gasteiger partial charge is 0.388 e. The standard InChI is InChI=1S/C22H24N6/c1-5-18-19(24-4)10-7-11-20(18)27-21-12-13-25-22(28-21)26-17-9-6-8-16(14-17)15(2)23-3/h5-14,23-24H,1-2H2,3-4H3,(H2,25,26,27,28). The van der Waals surface area contributed by atoms with Crippen molar-refractivity contribution in [3.05, 3.63) is 79.0 Å². The lowest BCUT2D eigenvalue weighted by Crippen LogP contribution is -2.04. The molecule has 6 heteroatoms. The smallest absolute Gasteiger partial charge is 0.229 e. The summed E-state index contributed by atoms with van der Waals surface area (Å²) >= 11 is 0. The van der Waals surface area contributed by atoms with Crippen LogP contribution in [0.15, 0.2) is 67.9 Å². The van der Waals surface area contributed by atoms with Crippen LogP contribution in [0, 0.1) is 0 Å². The lowest BCUT2D eigenvalue weighted by molar-refractivity contribution is 1.13. The zero-order valence-corrected chi connectivity index (χ0v) is 16.1. The molecule has 3 rings (SSSR count). The third kappa shape index (κ3) is 4.29. The van der Waals surface area contributed by atoms with Crippen LogP contribution in [0.3, 0.4) is 0 Å². The van der Waals surface area contributed by atoms with Crippen molar-refractivity contribution in [3.8, 4) is 0 Å². The van der Waals surface area contributed by atoms with E-state index in [4.69, 9.17) is 0 Å².